The molecule has 0 radical (unpaired) electrons. The summed E-state index contributed by atoms with van der Waals surface area (Å²) in [5, 5.41) is 21.5. The molecule has 0 saturated heterocycles. The minimum Gasteiger partial charge on any atom is -0.480 e. The molecule has 0 aliphatic heterocycles. The first kappa shape index (κ1) is 24.0. The molecule has 12 nitrogen and oxygen atoms in total. The molecule has 0 aromatic rings. The molecule has 13 heteroatoms. The van der Waals surface area contributed by atoms with Gasteiger partial charge in [0.2, 0.25) is 11.7 Å². The summed E-state index contributed by atoms with van der Waals surface area (Å²) in [4.78, 5) is 45.4. The van der Waals surface area contributed by atoms with Crippen LogP contribution in [0.4, 0.5) is 0 Å². The largest absolute Gasteiger partial charge is 0.480 e. The van der Waals surface area contributed by atoms with Gasteiger partial charge in [-0.15, -0.1) is 0 Å². The van der Waals surface area contributed by atoms with E-state index in [1.807, 2.05) is 5.32 Å². The van der Waals surface area contributed by atoms with Crippen molar-refractivity contribution in [3.63, 3.8) is 0 Å². The van der Waals surface area contributed by atoms with Crippen LogP contribution in [0.15, 0.2) is 0 Å². The van der Waals surface area contributed by atoms with Crippen LogP contribution in [0.3, 0.4) is 0 Å². The average molecular weight is 397 g/mol. The third-order valence-electron chi connectivity index (χ3n) is 2.89. The lowest BCUT2D eigenvalue weighted by Gasteiger charge is -2.26. The molecule has 0 heterocycles. The Labute approximate surface area is 149 Å². The van der Waals surface area contributed by atoms with Gasteiger partial charge in [0, 0.05) is 6.42 Å². The molecule has 0 fully saturated rings. The third kappa shape index (κ3) is 8.39. The van der Waals surface area contributed by atoms with E-state index in [9.17, 15) is 23.7 Å². The highest BCUT2D eigenvalue weighted by molar-refractivity contribution is 7.55. The fraction of sp³-hybridized carbons (Fsp3) is 0.692. The average Bonchev–Trinajstić information content (AvgIpc) is 2.55. The molecular weight excluding hydrogens is 373 g/mol. The summed E-state index contributed by atoms with van der Waals surface area (Å²) in [7, 11) is -4.15. The molecule has 0 aliphatic carbocycles. The number of aliphatic carboxylic acids is 2. The second kappa shape index (κ2) is 11.6. The van der Waals surface area contributed by atoms with Crippen LogP contribution in [-0.2, 0) is 32.8 Å². The van der Waals surface area contributed by atoms with Crippen molar-refractivity contribution in [3.05, 3.63) is 0 Å². The summed E-state index contributed by atoms with van der Waals surface area (Å²) >= 11 is 0. The lowest BCUT2D eigenvalue weighted by Crippen LogP contribution is -2.48. The molecule has 0 rings (SSSR count). The van der Waals surface area contributed by atoms with Gasteiger partial charge in [0.25, 0.3) is 5.91 Å². The number of carbonyl (C=O) groups is 4. The van der Waals surface area contributed by atoms with Gasteiger partial charge in [-0.25, -0.2) is 0 Å². The Bertz CT molecular complexity index is 559. The molecule has 6 N–H and O–H groups in total. The standard InChI is InChI=1S/C13H24N3O9P/c1-3-24-26(23,25-4-2)12(11(20)15-7-10(18)19)16-9(17)6-5-8(14)13(21)22/h8,12H,3-7,14H2,1-2H3,(H,15,20)(H,16,17)(H,18,19)(H,21,22)/t8-,12-/m0/s1. The molecule has 0 aromatic carbocycles. The number of carbonyl (C=O) groups excluding carboxylic acids is 2. The summed E-state index contributed by atoms with van der Waals surface area (Å²) in [6.07, 6.45) is -0.591. The van der Waals surface area contributed by atoms with Crippen molar-refractivity contribution in [2.24, 2.45) is 5.73 Å². The van der Waals surface area contributed by atoms with Gasteiger partial charge in [0.05, 0.1) is 13.2 Å². The van der Waals surface area contributed by atoms with Crippen molar-refractivity contribution in [3.8, 4) is 0 Å². The van der Waals surface area contributed by atoms with Crippen molar-refractivity contribution in [1.29, 1.82) is 0 Å². The van der Waals surface area contributed by atoms with Crippen LogP contribution < -0.4 is 16.4 Å². The fourth-order valence-corrected chi connectivity index (χ4v) is 3.50. The van der Waals surface area contributed by atoms with Crippen molar-refractivity contribution < 1.29 is 43.0 Å². The summed E-state index contributed by atoms with van der Waals surface area (Å²) in [6.45, 7) is 2.02. The number of amides is 2. The molecular formula is C13H24N3O9P. The third-order valence-corrected chi connectivity index (χ3v) is 5.13. The van der Waals surface area contributed by atoms with Gasteiger partial charge in [0.1, 0.15) is 12.6 Å². The molecule has 0 saturated carbocycles. The number of hydrogen-bond donors (Lipinski definition) is 5. The molecule has 0 unspecified atom stereocenters. The van der Waals surface area contributed by atoms with Crippen molar-refractivity contribution in [1.82, 2.24) is 10.6 Å². The van der Waals surface area contributed by atoms with Crippen LogP contribution in [-0.4, -0.2) is 65.5 Å². The maximum atomic E-state index is 12.8. The van der Waals surface area contributed by atoms with Gasteiger partial charge < -0.3 is 35.6 Å². The van der Waals surface area contributed by atoms with Gasteiger partial charge in [-0.3, -0.25) is 23.7 Å². The van der Waals surface area contributed by atoms with E-state index in [-0.39, 0.29) is 26.1 Å². The number of carboxylic acid groups (broad SMARTS) is 2. The van der Waals surface area contributed by atoms with E-state index < -0.39 is 49.7 Å². The summed E-state index contributed by atoms with van der Waals surface area (Å²) in [5.74, 6) is -6.35. The molecule has 2 amide bonds. The zero-order valence-electron chi connectivity index (χ0n) is 14.5. The molecule has 2 atom stereocenters. The molecule has 0 aromatic heterocycles. The highest BCUT2D eigenvalue weighted by Crippen LogP contribution is 2.52. The Morgan fingerprint density at radius 3 is 2.08 bits per heavy atom. The van der Waals surface area contributed by atoms with Gasteiger partial charge >= 0.3 is 19.5 Å². The number of nitrogens with one attached hydrogen (secondary N) is 2. The van der Waals surface area contributed by atoms with E-state index in [0.717, 1.165) is 0 Å². The minimum absolute atomic E-state index is 0.0975. The predicted molar refractivity (Wildman–Crippen MR) is 88.3 cm³/mol. The molecule has 0 spiro atoms. The Morgan fingerprint density at radius 1 is 1.12 bits per heavy atom. The van der Waals surface area contributed by atoms with E-state index >= 15 is 0 Å². The van der Waals surface area contributed by atoms with E-state index in [0.29, 0.717) is 0 Å². The Kier molecular flexibility index (Phi) is 10.7. The Morgan fingerprint density at radius 2 is 1.65 bits per heavy atom. The zero-order valence-corrected chi connectivity index (χ0v) is 15.4. The first-order chi connectivity index (χ1) is 12.1. The van der Waals surface area contributed by atoms with E-state index in [1.165, 1.54) is 13.8 Å². The van der Waals surface area contributed by atoms with Crippen molar-refractivity contribution >= 4 is 31.3 Å². The highest BCUT2D eigenvalue weighted by Gasteiger charge is 2.42. The quantitative estimate of drug-likeness (QED) is 0.243. The normalized spacial score (nSPS) is 13.5. The van der Waals surface area contributed by atoms with Gasteiger partial charge in [-0.2, -0.15) is 0 Å². The summed E-state index contributed by atoms with van der Waals surface area (Å²) in [5.41, 5.74) is 5.29. The van der Waals surface area contributed by atoms with Crippen molar-refractivity contribution in [2.75, 3.05) is 19.8 Å². The maximum absolute atomic E-state index is 12.8. The van der Waals surface area contributed by atoms with Crippen LogP contribution >= 0.6 is 7.60 Å². The number of hydrogen-bond acceptors (Lipinski definition) is 8. The Hall–Kier alpha value is -2.01. The van der Waals surface area contributed by atoms with E-state index in [2.05, 4.69) is 5.32 Å². The van der Waals surface area contributed by atoms with Crippen molar-refractivity contribution in [2.45, 2.75) is 38.5 Å². The second-order valence-electron chi connectivity index (χ2n) is 4.94. The van der Waals surface area contributed by atoms with Gasteiger partial charge in [0.15, 0.2) is 0 Å². The maximum Gasteiger partial charge on any atom is 0.362 e. The lowest BCUT2D eigenvalue weighted by molar-refractivity contribution is -0.139. The van der Waals surface area contributed by atoms with Crippen LogP contribution in [0.25, 0.3) is 0 Å². The number of nitrogens with two attached hydrogens (primary N) is 1. The SMILES string of the molecule is CCOP(=O)(OCC)[C@H](NC(=O)CC[C@H](N)C(=O)O)C(=O)NCC(=O)O. The van der Waals surface area contributed by atoms with Gasteiger partial charge in [-0.1, -0.05) is 0 Å². The van der Waals surface area contributed by atoms with Crippen LogP contribution in [0.5, 0.6) is 0 Å². The topological polar surface area (TPSA) is 194 Å². The Balaban J connectivity index is 5.27. The molecule has 0 bridgehead atoms. The first-order valence-electron chi connectivity index (χ1n) is 7.73. The minimum atomic E-state index is -4.15. The molecule has 0 aliphatic rings. The highest BCUT2D eigenvalue weighted by atomic mass is 31.2. The number of carboxylic acids is 2. The number of rotatable bonds is 13. The summed E-state index contributed by atoms with van der Waals surface area (Å²) in [6, 6.07) is -1.29. The smallest absolute Gasteiger partial charge is 0.362 e. The summed E-state index contributed by atoms with van der Waals surface area (Å²) < 4.78 is 22.8. The fourth-order valence-electron chi connectivity index (χ4n) is 1.73. The van der Waals surface area contributed by atoms with E-state index in [1.54, 1.807) is 0 Å². The monoisotopic (exact) mass is 397 g/mol. The van der Waals surface area contributed by atoms with E-state index in [4.69, 9.17) is 25.0 Å². The lowest BCUT2D eigenvalue weighted by atomic mass is 10.1. The zero-order chi connectivity index (χ0) is 20.3. The predicted octanol–water partition coefficient (Wildman–Crippen LogP) is -0.912. The van der Waals surface area contributed by atoms with Crippen LogP contribution in [0.1, 0.15) is 26.7 Å². The van der Waals surface area contributed by atoms with Crippen LogP contribution in [0.2, 0.25) is 0 Å². The first-order valence-corrected chi connectivity index (χ1v) is 9.34. The second-order valence-corrected chi connectivity index (χ2v) is 7.05. The van der Waals surface area contributed by atoms with Crippen LogP contribution in [0, 0.1) is 0 Å². The molecule has 150 valence electrons. The van der Waals surface area contributed by atoms with Gasteiger partial charge in [-0.05, 0) is 20.3 Å². The molecule has 26 heavy (non-hydrogen) atoms.